The first-order valence-electron chi connectivity index (χ1n) is 4.44. The first-order chi connectivity index (χ1) is 7.77. The van der Waals surface area contributed by atoms with E-state index in [2.05, 4.69) is 6.58 Å². The molecule has 0 saturated heterocycles. The zero-order valence-electron chi connectivity index (χ0n) is 9.32. The molecule has 0 fully saturated rings. The van der Waals surface area contributed by atoms with Crippen molar-refractivity contribution in [1.29, 1.82) is 0 Å². The Morgan fingerprint density at radius 3 is 1.59 bits per heavy atom. The van der Waals surface area contributed by atoms with Gasteiger partial charge in [-0.2, -0.15) is 0 Å². The second kappa shape index (κ2) is 10.7. The van der Waals surface area contributed by atoms with E-state index in [-0.39, 0.29) is 5.57 Å². The average Bonchev–Trinajstić information content (AvgIpc) is 2.18. The van der Waals surface area contributed by atoms with Crippen LogP contribution in [0.1, 0.15) is 6.92 Å². The first-order valence-corrected chi connectivity index (χ1v) is 4.44. The lowest BCUT2D eigenvalue weighted by molar-refractivity contribution is -0.132. The van der Waals surface area contributed by atoms with Gasteiger partial charge >= 0.3 is 13.3 Å². The normalized spacial score (nSPS) is 7.76. The number of hydrogen-bond acceptors (Lipinski definition) is 5. The van der Waals surface area contributed by atoms with Crippen molar-refractivity contribution in [3.05, 3.63) is 42.5 Å². The maximum absolute atomic E-state index is 9.60. The molecule has 17 heavy (non-hydrogen) atoms. The highest BCUT2D eigenvalue weighted by molar-refractivity contribution is 6.30. The predicted molar refractivity (Wildman–Crippen MR) is 63.0 cm³/mol. The SMILES string of the molecule is C=C(C)C(=O)O.OB(O)O.Oc1ccccc1. The van der Waals surface area contributed by atoms with Crippen LogP contribution in [0.2, 0.25) is 0 Å². The molecule has 0 atom stereocenters. The van der Waals surface area contributed by atoms with Crippen molar-refractivity contribution in [1.82, 2.24) is 0 Å². The fourth-order valence-corrected chi connectivity index (χ4v) is 0.428. The first kappa shape index (κ1) is 17.6. The molecule has 0 spiro atoms. The molecule has 5 N–H and O–H groups in total. The van der Waals surface area contributed by atoms with Crippen LogP contribution >= 0.6 is 0 Å². The Labute approximate surface area is 99.3 Å². The Bertz CT molecular complexity index is 310. The Morgan fingerprint density at radius 1 is 1.18 bits per heavy atom. The number of benzene rings is 1. The van der Waals surface area contributed by atoms with E-state index in [0.717, 1.165) is 0 Å². The maximum Gasteiger partial charge on any atom is 0.631 e. The molecule has 1 rings (SSSR count). The van der Waals surface area contributed by atoms with Crippen molar-refractivity contribution in [3.63, 3.8) is 0 Å². The molecular formula is C10H15BO6. The molecule has 0 saturated carbocycles. The summed E-state index contributed by atoms with van der Waals surface area (Å²) in [5.74, 6) is -0.613. The second-order valence-corrected chi connectivity index (χ2v) is 2.77. The van der Waals surface area contributed by atoms with Crippen molar-refractivity contribution in [3.8, 4) is 5.75 Å². The number of aliphatic carboxylic acids is 1. The Kier molecular flexibility index (Phi) is 11.0. The third kappa shape index (κ3) is 20.3. The van der Waals surface area contributed by atoms with Gasteiger partial charge in [0.15, 0.2) is 0 Å². The monoisotopic (exact) mass is 242 g/mol. The van der Waals surface area contributed by atoms with E-state index < -0.39 is 13.3 Å². The van der Waals surface area contributed by atoms with Gasteiger partial charge in [0.2, 0.25) is 0 Å². The molecule has 0 bridgehead atoms. The summed E-state index contributed by atoms with van der Waals surface area (Å²) in [7, 11) is -2.17. The summed E-state index contributed by atoms with van der Waals surface area (Å²) < 4.78 is 0. The maximum atomic E-state index is 9.60. The minimum atomic E-state index is -2.17. The van der Waals surface area contributed by atoms with Crippen molar-refractivity contribution < 1.29 is 30.1 Å². The van der Waals surface area contributed by atoms with Crippen molar-refractivity contribution in [2.45, 2.75) is 6.92 Å². The number of carboxylic acids is 1. The Morgan fingerprint density at radius 2 is 1.47 bits per heavy atom. The molecule has 0 radical (unpaired) electrons. The summed E-state index contributed by atoms with van der Waals surface area (Å²) in [6, 6.07) is 8.71. The minimum Gasteiger partial charge on any atom is -0.508 e. The van der Waals surface area contributed by atoms with Gasteiger partial charge in [-0.05, 0) is 19.1 Å². The molecule has 1 aromatic carbocycles. The van der Waals surface area contributed by atoms with Crippen molar-refractivity contribution in [2.24, 2.45) is 0 Å². The molecular weight excluding hydrogens is 227 g/mol. The van der Waals surface area contributed by atoms with Crippen LogP contribution in [0.25, 0.3) is 0 Å². The van der Waals surface area contributed by atoms with Gasteiger partial charge in [0, 0.05) is 5.57 Å². The largest absolute Gasteiger partial charge is 0.631 e. The summed E-state index contributed by atoms with van der Waals surface area (Å²) in [6.07, 6.45) is 0. The number of carboxylic acid groups (broad SMARTS) is 1. The number of phenols is 1. The fraction of sp³-hybridized carbons (Fsp3) is 0.100. The standard InChI is InChI=1S/C6H6O.C4H6O2.BH3O3/c7-6-4-2-1-3-5-6;1-3(2)4(5)6;2-1(3)4/h1-5,7H;1H2,2H3,(H,5,6);2-4H. The molecule has 0 aliphatic rings. The van der Waals surface area contributed by atoms with Crippen LogP contribution in [0.4, 0.5) is 0 Å². The van der Waals surface area contributed by atoms with Gasteiger partial charge in [0.1, 0.15) is 5.75 Å². The van der Waals surface area contributed by atoms with Gasteiger partial charge < -0.3 is 25.3 Å². The molecule has 1 aromatic rings. The van der Waals surface area contributed by atoms with E-state index in [1.54, 1.807) is 24.3 Å². The number of para-hydroxylation sites is 1. The van der Waals surface area contributed by atoms with Crippen LogP contribution in [0.3, 0.4) is 0 Å². The highest BCUT2D eigenvalue weighted by atomic mass is 16.5. The zero-order valence-corrected chi connectivity index (χ0v) is 9.32. The second-order valence-electron chi connectivity index (χ2n) is 2.77. The lowest BCUT2D eigenvalue weighted by atomic mass is 10.3. The van der Waals surface area contributed by atoms with E-state index in [9.17, 15) is 4.79 Å². The molecule has 7 heteroatoms. The Hall–Kier alpha value is -1.83. The number of aromatic hydroxyl groups is 1. The average molecular weight is 242 g/mol. The number of rotatable bonds is 1. The summed E-state index contributed by atoms with van der Waals surface area (Å²) in [4.78, 5) is 9.60. The lowest BCUT2D eigenvalue weighted by Crippen LogP contribution is -2.07. The van der Waals surface area contributed by atoms with Gasteiger partial charge in [-0.3, -0.25) is 0 Å². The van der Waals surface area contributed by atoms with E-state index in [0.29, 0.717) is 5.75 Å². The fourth-order valence-electron chi connectivity index (χ4n) is 0.428. The van der Waals surface area contributed by atoms with Crippen molar-refractivity contribution in [2.75, 3.05) is 0 Å². The van der Waals surface area contributed by atoms with Gasteiger partial charge in [0.25, 0.3) is 0 Å². The molecule has 0 aliphatic carbocycles. The highest BCUT2D eigenvalue weighted by Crippen LogP contribution is 2.02. The van der Waals surface area contributed by atoms with Gasteiger partial charge in [0.05, 0.1) is 0 Å². The third-order valence-electron chi connectivity index (χ3n) is 1.12. The molecule has 94 valence electrons. The molecule has 0 aliphatic heterocycles. The van der Waals surface area contributed by atoms with Crippen LogP contribution in [0, 0.1) is 0 Å². The summed E-state index contributed by atoms with van der Waals surface area (Å²) in [5, 5.41) is 38.0. The molecule has 0 amide bonds. The smallest absolute Gasteiger partial charge is 0.508 e. The quantitative estimate of drug-likeness (QED) is 0.349. The minimum absolute atomic E-state index is 0.176. The van der Waals surface area contributed by atoms with Crippen LogP contribution in [-0.2, 0) is 4.79 Å². The topological polar surface area (TPSA) is 118 Å². The molecule has 6 nitrogen and oxygen atoms in total. The van der Waals surface area contributed by atoms with Crippen LogP contribution in [-0.4, -0.2) is 38.6 Å². The van der Waals surface area contributed by atoms with Gasteiger partial charge in [-0.25, -0.2) is 4.79 Å². The van der Waals surface area contributed by atoms with Gasteiger partial charge in [-0.15, -0.1) is 0 Å². The predicted octanol–water partition coefficient (Wildman–Crippen LogP) is -0.0125. The van der Waals surface area contributed by atoms with E-state index in [1.165, 1.54) is 6.92 Å². The van der Waals surface area contributed by atoms with Crippen molar-refractivity contribution >= 4 is 13.3 Å². The van der Waals surface area contributed by atoms with Crippen LogP contribution in [0.5, 0.6) is 5.75 Å². The molecule has 0 heterocycles. The van der Waals surface area contributed by atoms with E-state index >= 15 is 0 Å². The number of carbonyl (C=O) groups is 1. The van der Waals surface area contributed by atoms with Gasteiger partial charge in [-0.1, -0.05) is 24.8 Å². The third-order valence-corrected chi connectivity index (χ3v) is 1.12. The summed E-state index contributed by atoms with van der Waals surface area (Å²) in [6.45, 7) is 4.60. The zero-order chi connectivity index (χ0) is 13.8. The lowest BCUT2D eigenvalue weighted by Gasteiger charge is -1.82. The number of phenolic OH excluding ortho intramolecular Hbond substituents is 1. The van der Waals surface area contributed by atoms with E-state index in [1.807, 2.05) is 6.07 Å². The van der Waals surface area contributed by atoms with Crippen LogP contribution < -0.4 is 0 Å². The molecule has 0 unspecified atom stereocenters. The Balaban J connectivity index is 0. The summed E-state index contributed by atoms with van der Waals surface area (Å²) >= 11 is 0. The van der Waals surface area contributed by atoms with E-state index in [4.69, 9.17) is 25.3 Å². The molecule has 0 aromatic heterocycles. The summed E-state index contributed by atoms with van der Waals surface area (Å²) in [5.41, 5.74) is 0.176. The number of hydrogen-bond donors (Lipinski definition) is 5. The van der Waals surface area contributed by atoms with Crippen LogP contribution in [0.15, 0.2) is 42.5 Å². The highest BCUT2D eigenvalue weighted by Gasteiger charge is 1.92.